The van der Waals surface area contributed by atoms with Gasteiger partial charge in [0, 0.05) is 5.69 Å². The lowest BCUT2D eigenvalue weighted by atomic mass is 10.2. The Hall–Kier alpha value is -2.22. The van der Waals surface area contributed by atoms with E-state index in [0.717, 1.165) is 16.3 Å². The van der Waals surface area contributed by atoms with Gasteiger partial charge in [-0.3, -0.25) is 4.57 Å². The summed E-state index contributed by atoms with van der Waals surface area (Å²) >= 11 is 7.14. The number of nitriles is 1. The van der Waals surface area contributed by atoms with E-state index in [-0.39, 0.29) is 0 Å². The number of pyridine rings is 1. The minimum atomic E-state index is 0.518. The van der Waals surface area contributed by atoms with Crippen LogP contribution in [0.1, 0.15) is 5.56 Å². The molecule has 0 aliphatic rings. The third-order valence-electron chi connectivity index (χ3n) is 2.99. The molecule has 0 radical (unpaired) electrons. The first-order valence-electron chi connectivity index (χ1n) is 6.07. The van der Waals surface area contributed by atoms with Crippen LogP contribution in [0, 0.1) is 16.0 Å². The van der Waals surface area contributed by atoms with E-state index in [9.17, 15) is 5.26 Å². The zero-order valence-electron chi connectivity index (χ0n) is 10.5. The highest BCUT2D eigenvalue weighted by molar-refractivity contribution is 7.71. The van der Waals surface area contributed by atoms with E-state index in [1.807, 2.05) is 52.4 Å². The zero-order chi connectivity index (χ0) is 13.9. The minimum absolute atomic E-state index is 0.518. The van der Waals surface area contributed by atoms with Gasteiger partial charge >= 0.3 is 0 Å². The first-order valence-corrected chi connectivity index (χ1v) is 7.35. The maximum Gasteiger partial charge on any atom is 0.128 e. The van der Waals surface area contributed by atoms with Gasteiger partial charge in [-0.1, -0.05) is 36.5 Å². The van der Waals surface area contributed by atoms with Crippen molar-refractivity contribution in [1.82, 2.24) is 4.57 Å². The average molecular weight is 294 g/mol. The Labute approximate surface area is 126 Å². The highest BCUT2D eigenvalue weighted by Crippen LogP contribution is 2.28. The van der Waals surface area contributed by atoms with Gasteiger partial charge in [-0.05, 0) is 35.7 Å². The van der Waals surface area contributed by atoms with Gasteiger partial charge in [-0.15, -0.1) is 11.3 Å². The quantitative estimate of drug-likeness (QED) is 0.635. The van der Waals surface area contributed by atoms with Crippen LogP contribution >= 0.6 is 23.6 Å². The van der Waals surface area contributed by atoms with Gasteiger partial charge in [0.25, 0.3) is 0 Å². The molecule has 0 saturated carbocycles. The van der Waals surface area contributed by atoms with Gasteiger partial charge in [0.1, 0.15) is 10.7 Å². The van der Waals surface area contributed by atoms with E-state index < -0.39 is 0 Å². The molecule has 4 heteroatoms. The van der Waals surface area contributed by atoms with Gasteiger partial charge in [0.05, 0.1) is 16.1 Å². The lowest BCUT2D eigenvalue weighted by Gasteiger charge is -2.13. The van der Waals surface area contributed by atoms with Crippen molar-refractivity contribution in [3.05, 3.63) is 70.2 Å². The summed E-state index contributed by atoms with van der Waals surface area (Å²) in [5.41, 5.74) is 2.50. The van der Waals surface area contributed by atoms with Gasteiger partial charge in [0.15, 0.2) is 0 Å². The Balaban J connectivity index is 2.35. The summed E-state index contributed by atoms with van der Waals surface area (Å²) in [6.45, 7) is 0. The van der Waals surface area contributed by atoms with Crippen LogP contribution in [-0.2, 0) is 0 Å². The fraction of sp³-hybridized carbons (Fsp3) is 0. The summed E-state index contributed by atoms with van der Waals surface area (Å²) in [6.07, 6.45) is 0. The van der Waals surface area contributed by atoms with Crippen LogP contribution in [-0.4, -0.2) is 4.57 Å². The van der Waals surface area contributed by atoms with Crippen LogP contribution in [0.4, 0.5) is 0 Å². The molecule has 3 aromatic rings. The molecule has 0 spiro atoms. The second kappa shape index (κ2) is 5.41. The number of thiophene rings is 1. The second-order valence-electron chi connectivity index (χ2n) is 4.20. The third-order valence-corrected chi connectivity index (χ3v) is 4.29. The Kier molecular flexibility index (Phi) is 3.46. The van der Waals surface area contributed by atoms with Gasteiger partial charge < -0.3 is 0 Å². The molecule has 0 atom stereocenters. The van der Waals surface area contributed by atoms with Crippen LogP contribution < -0.4 is 0 Å². The highest BCUT2D eigenvalue weighted by atomic mass is 32.1. The molecule has 0 saturated heterocycles. The highest BCUT2D eigenvalue weighted by Gasteiger charge is 2.10. The van der Waals surface area contributed by atoms with Crippen molar-refractivity contribution in [2.45, 2.75) is 0 Å². The van der Waals surface area contributed by atoms with Crippen molar-refractivity contribution < 1.29 is 0 Å². The van der Waals surface area contributed by atoms with E-state index in [4.69, 9.17) is 12.2 Å². The first-order chi connectivity index (χ1) is 9.81. The van der Waals surface area contributed by atoms with Crippen LogP contribution in [0.5, 0.6) is 0 Å². The van der Waals surface area contributed by atoms with Gasteiger partial charge in [0.2, 0.25) is 0 Å². The van der Waals surface area contributed by atoms with Gasteiger partial charge in [-0.2, -0.15) is 5.26 Å². The number of nitrogens with zero attached hydrogens (tertiary/aromatic N) is 2. The van der Waals surface area contributed by atoms with E-state index >= 15 is 0 Å². The summed E-state index contributed by atoms with van der Waals surface area (Å²) in [5, 5.41) is 11.2. The average Bonchev–Trinajstić information content (AvgIpc) is 3.02. The lowest BCUT2D eigenvalue weighted by Crippen LogP contribution is -2.02. The standard InChI is InChI=1S/C16H10N2S2/c17-11-12-8-9-14(15-7-4-10-20-15)18(16(12)19)13-5-2-1-3-6-13/h1-10H. The third kappa shape index (κ3) is 2.18. The SMILES string of the molecule is N#Cc1ccc(-c2cccs2)n(-c2ccccc2)c1=S. The molecular formula is C16H10N2S2. The predicted molar refractivity (Wildman–Crippen MR) is 84.6 cm³/mol. The molecule has 0 amide bonds. The summed E-state index contributed by atoms with van der Waals surface area (Å²) in [6, 6.07) is 19.8. The number of aromatic nitrogens is 1. The molecule has 96 valence electrons. The monoisotopic (exact) mass is 294 g/mol. The fourth-order valence-electron chi connectivity index (χ4n) is 2.07. The second-order valence-corrected chi connectivity index (χ2v) is 5.53. The van der Waals surface area contributed by atoms with E-state index in [0.29, 0.717) is 10.2 Å². The van der Waals surface area contributed by atoms with Crippen molar-refractivity contribution in [2.75, 3.05) is 0 Å². The molecule has 1 aromatic carbocycles. The molecule has 0 aliphatic heterocycles. The van der Waals surface area contributed by atoms with Crippen molar-refractivity contribution in [2.24, 2.45) is 0 Å². The Morgan fingerprint density at radius 1 is 1.00 bits per heavy atom. The van der Waals surface area contributed by atoms with E-state index in [1.165, 1.54) is 0 Å². The van der Waals surface area contributed by atoms with E-state index in [1.54, 1.807) is 17.4 Å². The van der Waals surface area contributed by atoms with Gasteiger partial charge in [-0.25, -0.2) is 0 Å². The molecule has 2 nitrogen and oxygen atoms in total. The minimum Gasteiger partial charge on any atom is -0.299 e. The fourth-order valence-corrected chi connectivity index (χ4v) is 3.13. The molecule has 0 unspecified atom stereocenters. The van der Waals surface area contributed by atoms with Crippen LogP contribution in [0.25, 0.3) is 16.3 Å². The number of para-hydroxylation sites is 1. The predicted octanol–water partition coefficient (Wildman–Crippen LogP) is 4.81. The molecule has 0 bridgehead atoms. The summed E-state index contributed by atoms with van der Waals surface area (Å²) in [7, 11) is 0. The normalized spacial score (nSPS) is 10.2. The van der Waals surface area contributed by atoms with Crippen molar-refractivity contribution in [3.63, 3.8) is 0 Å². The molecular weight excluding hydrogens is 284 g/mol. The molecule has 0 aliphatic carbocycles. The van der Waals surface area contributed by atoms with Crippen LogP contribution in [0.3, 0.4) is 0 Å². The van der Waals surface area contributed by atoms with Crippen molar-refractivity contribution >= 4 is 23.6 Å². The molecule has 20 heavy (non-hydrogen) atoms. The largest absolute Gasteiger partial charge is 0.299 e. The van der Waals surface area contributed by atoms with Crippen molar-refractivity contribution in [3.8, 4) is 22.3 Å². The maximum absolute atomic E-state index is 9.18. The molecule has 2 aromatic heterocycles. The Bertz CT molecular complexity index is 825. The Morgan fingerprint density at radius 2 is 1.80 bits per heavy atom. The summed E-state index contributed by atoms with van der Waals surface area (Å²) in [5.74, 6) is 0. The smallest absolute Gasteiger partial charge is 0.128 e. The van der Waals surface area contributed by atoms with E-state index in [2.05, 4.69) is 12.1 Å². The zero-order valence-corrected chi connectivity index (χ0v) is 12.1. The number of hydrogen-bond donors (Lipinski definition) is 0. The summed E-state index contributed by atoms with van der Waals surface area (Å²) in [4.78, 5) is 1.13. The summed E-state index contributed by atoms with van der Waals surface area (Å²) < 4.78 is 2.50. The topological polar surface area (TPSA) is 28.7 Å². The first kappa shape index (κ1) is 12.8. The lowest BCUT2D eigenvalue weighted by molar-refractivity contribution is 1.03. The van der Waals surface area contributed by atoms with Crippen LogP contribution in [0.15, 0.2) is 60.0 Å². The molecule has 3 rings (SSSR count). The Morgan fingerprint density at radius 3 is 2.45 bits per heavy atom. The molecule has 0 fully saturated rings. The van der Waals surface area contributed by atoms with Crippen LogP contribution in [0.2, 0.25) is 0 Å². The number of benzene rings is 1. The molecule has 2 heterocycles. The van der Waals surface area contributed by atoms with Crippen molar-refractivity contribution in [1.29, 1.82) is 5.26 Å². The maximum atomic E-state index is 9.18. The molecule has 0 N–H and O–H groups in total. The number of hydrogen-bond acceptors (Lipinski definition) is 3. The number of rotatable bonds is 2.